The molecule has 4 heteroatoms. The molecule has 0 aliphatic rings. The van der Waals surface area contributed by atoms with Crippen LogP contribution in [-0.2, 0) is 14.3 Å². The topological polar surface area (TPSA) is 61.5 Å². The number of carbonyl (C=O) groups excluding carboxylic acids is 1. The van der Waals surface area contributed by atoms with Gasteiger partial charge in [-0.05, 0) is 13.8 Å². The van der Waals surface area contributed by atoms with Crippen LogP contribution in [0.4, 0.5) is 0 Å². The summed E-state index contributed by atoms with van der Waals surface area (Å²) in [5, 5.41) is 0. The summed E-state index contributed by atoms with van der Waals surface area (Å²) in [6.07, 6.45) is 0. The summed E-state index contributed by atoms with van der Waals surface area (Å²) in [5.41, 5.74) is 5.24. The molecule has 1 atom stereocenters. The predicted molar refractivity (Wildman–Crippen MR) is 41.1 cm³/mol. The summed E-state index contributed by atoms with van der Waals surface area (Å²) < 4.78 is 9.66. The van der Waals surface area contributed by atoms with Crippen LogP contribution in [0.1, 0.15) is 13.8 Å². The Labute approximate surface area is 66.7 Å². The van der Waals surface area contributed by atoms with E-state index in [-0.39, 0.29) is 12.6 Å². The van der Waals surface area contributed by atoms with E-state index >= 15 is 0 Å². The highest BCUT2D eigenvalue weighted by Crippen LogP contribution is 1.84. The molecule has 2 N–H and O–H groups in total. The number of carbonyl (C=O) groups is 1. The fourth-order valence-corrected chi connectivity index (χ4v) is 0.477. The van der Waals surface area contributed by atoms with Gasteiger partial charge in [0.15, 0.2) is 0 Å². The van der Waals surface area contributed by atoms with E-state index in [0.29, 0.717) is 13.2 Å². The van der Waals surface area contributed by atoms with Crippen molar-refractivity contribution in [3.63, 3.8) is 0 Å². The first-order chi connectivity index (χ1) is 5.18. The Morgan fingerprint density at radius 2 is 2.18 bits per heavy atom. The lowest BCUT2D eigenvalue weighted by atomic mass is 10.4. The third-order valence-corrected chi connectivity index (χ3v) is 1.05. The van der Waals surface area contributed by atoms with E-state index in [1.165, 1.54) is 0 Å². The van der Waals surface area contributed by atoms with Gasteiger partial charge < -0.3 is 15.2 Å². The van der Waals surface area contributed by atoms with Crippen molar-refractivity contribution in [3.05, 3.63) is 0 Å². The van der Waals surface area contributed by atoms with Crippen LogP contribution in [0.25, 0.3) is 0 Å². The average molecular weight is 161 g/mol. The molecule has 0 fully saturated rings. The minimum absolute atomic E-state index is 0.286. The van der Waals surface area contributed by atoms with Crippen LogP contribution >= 0.6 is 0 Å². The lowest BCUT2D eigenvalue weighted by molar-refractivity contribution is -0.146. The van der Waals surface area contributed by atoms with E-state index in [0.717, 1.165) is 0 Å². The van der Waals surface area contributed by atoms with Crippen LogP contribution in [0.3, 0.4) is 0 Å². The van der Waals surface area contributed by atoms with Crippen molar-refractivity contribution in [3.8, 4) is 0 Å². The van der Waals surface area contributed by atoms with Crippen molar-refractivity contribution >= 4 is 5.97 Å². The molecule has 0 aromatic rings. The molecule has 0 amide bonds. The number of ether oxygens (including phenoxy) is 2. The first-order valence-corrected chi connectivity index (χ1v) is 3.68. The lowest BCUT2D eigenvalue weighted by Crippen LogP contribution is -2.29. The quantitative estimate of drug-likeness (QED) is 0.452. The van der Waals surface area contributed by atoms with Crippen LogP contribution in [0.15, 0.2) is 0 Å². The monoisotopic (exact) mass is 161 g/mol. The van der Waals surface area contributed by atoms with Crippen LogP contribution in [-0.4, -0.2) is 31.8 Å². The molecule has 0 radical (unpaired) electrons. The van der Waals surface area contributed by atoms with E-state index in [1.807, 2.05) is 6.92 Å². The van der Waals surface area contributed by atoms with Crippen LogP contribution in [0, 0.1) is 0 Å². The number of rotatable bonds is 5. The van der Waals surface area contributed by atoms with Gasteiger partial charge in [-0.1, -0.05) is 0 Å². The molecule has 0 bridgehead atoms. The molecule has 0 rings (SSSR count). The van der Waals surface area contributed by atoms with Gasteiger partial charge >= 0.3 is 5.97 Å². The van der Waals surface area contributed by atoms with Crippen LogP contribution in [0.2, 0.25) is 0 Å². The SMILES string of the molecule is CCOCCOC(=O)[C@H](C)N. The Bertz CT molecular complexity index is 114. The lowest BCUT2D eigenvalue weighted by Gasteiger charge is -2.06. The third kappa shape index (κ3) is 5.82. The molecule has 0 heterocycles. The van der Waals surface area contributed by atoms with Gasteiger partial charge in [-0.3, -0.25) is 4.79 Å². The van der Waals surface area contributed by atoms with Gasteiger partial charge in [0.2, 0.25) is 0 Å². The second kappa shape index (κ2) is 6.12. The van der Waals surface area contributed by atoms with Crippen LogP contribution < -0.4 is 5.73 Å². The zero-order valence-electron chi connectivity index (χ0n) is 7.00. The summed E-state index contributed by atoms with van der Waals surface area (Å²) in [6, 6.07) is -0.545. The fourth-order valence-electron chi connectivity index (χ4n) is 0.477. The van der Waals surface area contributed by atoms with E-state index in [9.17, 15) is 4.79 Å². The smallest absolute Gasteiger partial charge is 0.322 e. The number of hydrogen-bond acceptors (Lipinski definition) is 4. The largest absolute Gasteiger partial charge is 0.462 e. The van der Waals surface area contributed by atoms with Gasteiger partial charge in [0.25, 0.3) is 0 Å². The molecule has 0 aliphatic heterocycles. The average Bonchev–Trinajstić information content (AvgIpc) is 1.97. The van der Waals surface area contributed by atoms with Crippen molar-refractivity contribution in [2.45, 2.75) is 19.9 Å². The van der Waals surface area contributed by atoms with Gasteiger partial charge in [-0.25, -0.2) is 0 Å². The summed E-state index contributed by atoms with van der Waals surface area (Å²) in [7, 11) is 0. The second-order valence-corrected chi connectivity index (χ2v) is 2.15. The van der Waals surface area contributed by atoms with Crippen molar-refractivity contribution in [1.29, 1.82) is 0 Å². The maximum atomic E-state index is 10.7. The molecule has 0 aromatic heterocycles. The minimum Gasteiger partial charge on any atom is -0.462 e. The van der Waals surface area contributed by atoms with Gasteiger partial charge in [-0.2, -0.15) is 0 Å². The zero-order chi connectivity index (χ0) is 8.69. The van der Waals surface area contributed by atoms with Crippen molar-refractivity contribution in [2.75, 3.05) is 19.8 Å². The van der Waals surface area contributed by atoms with E-state index in [1.54, 1.807) is 6.92 Å². The van der Waals surface area contributed by atoms with Gasteiger partial charge in [0.1, 0.15) is 12.6 Å². The first kappa shape index (κ1) is 10.4. The van der Waals surface area contributed by atoms with E-state index < -0.39 is 6.04 Å². The molecule has 0 unspecified atom stereocenters. The second-order valence-electron chi connectivity index (χ2n) is 2.15. The van der Waals surface area contributed by atoms with Gasteiger partial charge in [0, 0.05) is 6.61 Å². The number of hydrogen-bond donors (Lipinski definition) is 1. The minimum atomic E-state index is -0.545. The zero-order valence-corrected chi connectivity index (χ0v) is 7.00. The maximum absolute atomic E-state index is 10.7. The van der Waals surface area contributed by atoms with Crippen molar-refractivity contribution < 1.29 is 14.3 Å². The van der Waals surface area contributed by atoms with Crippen molar-refractivity contribution in [1.82, 2.24) is 0 Å². The highest BCUT2D eigenvalue weighted by molar-refractivity contribution is 5.74. The highest BCUT2D eigenvalue weighted by Gasteiger charge is 2.07. The molecule has 0 spiro atoms. The Morgan fingerprint density at radius 1 is 1.55 bits per heavy atom. The summed E-state index contributed by atoms with van der Waals surface area (Å²) in [6.45, 7) is 4.83. The Kier molecular flexibility index (Phi) is 5.78. The highest BCUT2D eigenvalue weighted by atomic mass is 16.6. The van der Waals surface area contributed by atoms with Crippen molar-refractivity contribution in [2.24, 2.45) is 5.73 Å². The Balaban J connectivity index is 3.18. The Morgan fingerprint density at radius 3 is 2.64 bits per heavy atom. The molecule has 0 saturated carbocycles. The molecular weight excluding hydrogens is 146 g/mol. The van der Waals surface area contributed by atoms with E-state index in [4.69, 9.17) is 15.2 Å². The molecule has 66 valence electrons. The Hall–Kier alpha value is -0.610. The fraction of sp³-hybridized carbons (Fsp3) is 0.857. The number of nitrogens with two attached hydrogens (primary N) is 1. The molecule has 4 nitrogen and oxygen atoms in total. The molecule has 0 saturated heterocycles. The molecule has 0 aliphatic carbocycles. The summed E-state index contributed by atoms with van der Waals surface area (Å²) >= 11 is 0. The molecule has 0 aromatic carbocycles. The standard InChI is InChI=1S/C7H15NO3/c1-3-10-4-5-11-7(9)6(2)8/h6H,3-5,8H2,1-2H3/t6-/m0/s1. The number of esters is 1. The third-order valence-electron chi connectivity index (χ3n) is 1.05. The predicted octanol–water partition coefficient (Wildman–Crippen LogP) is -0.0867. The summed E-state index contributed by atoms with van der Waals surface area (Å²) in [5.74, 6) is -0.385. The maximum Gasteiger partial charge on any atom is 0.322 e. The van der Waals surface area contributed by atoms with E-state index in [2.05, 4.69) is 0 Å². The van der Waals surface area contributed by atoms with Crippen LogP contribution in [0.5, 0.6) is 0 Å². The summed E-state index contributed by atoms with van der Waals surface area (Å²) in [4.78, 5) is 10.7. The van der Waals surface area contributed by atoms with Gasteiger partial charge in [-0.15, -0.1) is 0 Å². The molecular formula is C7H15NO3. The van der Waals surface area contributed by atoms with Gasteiger partial charge in [0.05, 0.1) is 6.61 Å². The molecule has 11 heavy (non-hydrogen) atoms. The normalized spacial score (nSPS) is 12.6. The first-order valence-electron chi connectivity index (χ1n) is 3.68.